The Morgan fingerprint density at radius 1 is 1.15 bits per heavy atom. The first-order chi connectivity index (χ1) is 9.45. The molecule has 1 heterocycles. The number of ketones is 1. The first kappa shape index (κ1) is 17.1. The van der Waals surface area contributed by atoms with Crippen LogP contribution in [0.15, 0.2) is 6.20 Å². The molecule has 0 fully saturated rings. The standard InChI is InChI=1S/C14H20F3NOS/c1-2-3-4-5-6-7-8-9-11(19)12-10-18-13(20-12)14(15,16)17/h10H,2-9H2,1H3. The monoisotopic (exact) mass is 307 g/mol. The first-order valence-corrected chi connectivity index (χ1v) is 7.83. The molecule has 0 aliphatic heterocycles. The molecular formula is C14H20F3NOS. The maximum atomic E-state index is 12.4. The van der Waals surface area contributed by atoms with Gasteiger partial charge in [0.2, 0.25) is 0 Å². The van der Waals surface area contributed by atoms with Crippen molar-refractivity contribution in [3.8, 4) is 0 Å². The smallest absolute Gasteiger partial charge is 0.293 e. The zero-order valence-electron chi connectivity index (χ0n) is 11.6. The zero-order chi connectivity index (χ0) is 15.0. The predicted molar refractivity (Wildman–Crippen MR) is 74.1 cm³/mol. The van der Waals surface area contributed by atoms with E-state index < -0.39 is 11.2 Å². The van der Waals surface area contributed by atoms with E-state index in [0.29, 0.717) is 17.8 Å². The fourth-order valence-corrected chi connectivity index (χ4v) is 2.65. The Morgan fingerprint density at radius 3 is 2.30 bits per heavy atom. The highest BCUT2D eigenvalue weighted by atomic mass is 32.1. The van der Waals surface area contributed by atoms with Crippen LogP contribution >= 0.6 is 11.3 Å². The first-order valence-electron chi connectivity index (χ1n) is 7.01. The van der Waals surface area contributed by atoms with Crippen LogP contribution in [0.4, 0.5) is 13.2 Å². The molecule has 0 N–H and O–H groups in total. The second-order valence-corrected chi connectivity index (χ2v) is 5.85. The van der Waals surface area contributed by atoms with Crippen molar-refractivity contribution in [2.45, 2.75) is 64.5 Å². The van der Waals surface area contributed by atoms with Gasteiger partial charge in [-0.2, -0.15) is 13.2 Å². The van der Waals surface area contributed by atoms with Crippen LogP contribution in [0, 0.1) is 0 Å². The molecule has 6 heteroatoms. The molecule has 0 aromatic carbocycles. The molecule has 1 aromatic rings. The Hall–Kier alpha value is -0.910. The second-order valence-electron chi connectivity index (χ2n) is 4.82. The molecule has 114 valence electrons. The lowest BCUT2D eigenvalue weighted by atomic mass is 10.1. The molecule has 0 radical (unpaired) electrons. The van der Waals surface area contributed by atoms with Gasteiger partial charge in [0.1, 0.15) is 0 Å². The summed E-state index contributed by atoms with van der Waals surface area (Å²) in [4.78, 5) is 15.1. The number of halogens is 3. The average molecular weight is 307 g/mol. The summed E-state index contributed by atoms with van der Waals surface area (Å²) in [7, 11) is 0. The highest BCUT2D eigenvalue weighted by Gasteiger charge is 2.35. The van der Waals surface area contributed by atoms with E-state index in [1.54, 1.807) is 0 Å². The average Bonchev–Trinajstić information content (AvgIpc) is 2.87. The normalized spacial score (nSPS) is 11.8. The van der Waals surface area contributed by atoms with Crippen molar-refractivity contribution >= 4 is 17.1 Å². The zero-order valence-corrected chi connectivity index (χ0v) is 12.4. The third-order valence-corrected chi connectivity index (χ3v) is 4.11. The summed E-state index contributed by atoms with van der Waals surface area (Å²) in [6, 6.07) is 0. The quantitative estimate of drug-likeness (QED) is 0.446. The summed E-state index contributed by atoms with van der Waals surface area (Å²) in [6.45, 7) is 2.16. The fraction of sp³-hybridized carbons (Fsp3) is 0.714. The van der Waals surface area contributed by atoms with Gasteiger partial charge in [-0.25, -0.2) is 4.98 Å². The van der Waals surface area contributed by atoms with E-state index in [2.05, 4.69) is 11.9 Å². The van der Waals surface area contributed by atoms with Crippen LogP contribution in [0.3, 0.4) is 0 Å². The minimum Gasteiger partial charge on any atom is -0.293 e. The van der Waals surface area contributed by atoms with Crippen LogP contribution in [0.2, 0.25) is 0 Å². The number of hydrogen-bond donors (Lipinski definition) is 0. The lowest BCUT2D eigenvalue weighted by molar-refractivity contribution is -0.137. The van der Waals surface area contributed by atoms with E-state index in [4.69, 9.17) is 0 Å². The molecule has 20 heavy (non-hydrogen) atoms. The SMILES string of the molecule is CCCCCCCCCC(=O)c1cnc(C(F)(F)F)s1. The Labute approximate surface area is 121 Å². The van der Waals surface area contributed by atoms with Gasteiger partial charge in [-0.3, -0.25) is 4.79 Å². The summed E-state index contributed by atoms with van der Waals surface area (Å²) >= 11 is 0.437. The minimum absolute atomic E-state index is 0.114. The minimum atomic E-state index is -4.46. The van der Waals surface area contributed by atoms with Crippen molar-refractivity contribution in [2.75, 3.05) is 0 Å². The molecule has 1 aromatic heterocycles. The number of unbranched alkanes of at least 4 members (excludes halogenated alkanes) is 6. The van der Waals surface area contributed by atoms with Crippen molar-refractivity contribution in [3.05, 3.63) is 16.1 Å². The van der Waals surface area contributed by atoms with Crippen LogP contribution in [-0.4, -0.2) is 10.8 Å². The van der Waals surface area contributed by atoms with E-state index >= 15 is 0 Å². The van der Waals surface area contributed by atoms with Gasteiger partial charge in [0.25, 0.3) is 0 Å². The van der Waals surface area contributed by atoms with E-state index in [1.165, 1.54) is 25.7 Å². The summed E-state index contributed by atoms with van der Waals surface area (Å²) in [5.74, 6) is -0.230. The summed E-state index contributed by atoms with van der Waals surface area (Å²) in [6.07, 6.45) is 4.50. The Kier molecular flexibility index (Phi) is 7.19. The van der Waals surface area contributed by atoms with Crippen molar-refractivity contribution in [3.63, 3.8) is 0 Å². The molecule has 0 amide bonds. The van der Waals surface area contributed by atoms with Gasteiger partial charge in [-0.15, -0.1) is 11.3 Å². The summed E-state index contributed by atoms with van der Waals surface area (Å²) in [5, 5.41) is -0.944. The summed E-state index contributed by atoms with van der Waals surface area (Å²) in [5.41, 5.74) is 0. The maximum Gasteiger partial charge on any atom is 0.443 e. The van der Waals surface area contributed by atoms with Crippen molar-refractivity contribution < 1.29 is 18.0 Å². The van der Waals surface area contributed by atoms with Gasteiger partial charge in [-0.05, 0) is 6.42 Å². The lowest BCUT2D eigenvalue weighted by Gasteiger charge is -2.00. The topological polar surface area (TPSA) is 30.0 Å². The van der Waals surface area contributed by atoms with Gasteiger partial charge >= 0.3 is 6.18 Å². The maximum absolute atomic E-state index is 12.4. The third-order valence-electron chi connectivity index (χ3n) is 3.03. The molecule has 0 bridgehead atoms. The Balaban J connectivity index is 2.24. The van der Waals surface area contributed by atoms with Crippen LogP contribution < -0.4 is 0 Å². The highest BCUT2D eigenvalue weighted by molar-refractivity contribution is 7.13. The van der Waals surface area contributed by atoms with Crippen molar-refractivity contribution in [2.24, 2.45) is 0 Å². The van der Waals surface area contributed by atoms with Gasteiger partial charge in [0.05, 0.1) is 4.88 Å². The number of nitrogens with zero attached hydrogens (tertiary/aromatic N) is 1. The Morgan fingerprint density at radius 2 is 1.75 bits per heavy atom. The van der Waals surface area contributed by atoms with Crippen LogP contribution in [0.1, 0.15) is 73.0 Å². The number of aromatic nitrogens is 1. The molecule has 0 aliphatic carbocycles. The highest BCUT2D eigenvalue weighted by Crippen LogP contribution is 2.32. The second kappa shape index (κ2) is 8.39. The molecule has 0 saturated heterocycles. The van der Waals surface area contributed by atoms with Crippen LogP contribution in [0.25, 0.3) is 0 Å². The number of Topliss-reactive ketones (excluding diaryl/α,β-unsaturated/α-hetero) is 1. The number of hydrogen-bond acceptors (Lipinski definition) is 3. The molecular weight excluding hydrogens is 287 g/mol. The van der Waals surface area contributed by atoms with Gasteiger partial charge in [0, 0.05) is 12.6 Å². The molecule has 0 atom stereocenters. The molecule has 1 rings (SSSR count). The van der Waals surface area contributed by atoms with E-state index in [0.717, 1.165) is 25.5 Å². The number of alkyl halides is 3. The molecule has 0 aliphatic rings. The predicted octanol–water partition coefficient (Wildman–Crippen LogP) is 5.49. The molecule has 0 unspecified atom stereocenters. The van der Waals surface area contributed by atoms with Crippen molar-refractivity contribution in [1.82, 2.24) is 4.98 Å². The largest absolute Gasteiger partial charge is 0.443 e. The van der Waals surface area contributed by atoms with Gasteiger partial charge in [-0.1, -0.05) is 45.4 Å². The Bertz CT molecular complexity index is 415. The molecule has 2 nitrogen and oxygen atoms in total. The van der Waals surface area contributed by atoms with Crippen LogP contribution in [-0.2, 0) is 6.18 Å². The van der Waals surface area contributed by atoms with Crippen molar-refractivity contribution in [1.29, 1.82) is 0 Å². The number of rotatable bonds is 9. The molecule has 0 spiro atoms. The number of thiazole rings is 1. The van der Waals surface area contributed by atoms with E-state index in [9.17, 15) is 18.0 Å². The fourth-order valence-electron chi connectivity index (χ4n) is 1.90. The van der Waals surface area contributed by atoms with Gasteiger partial charge in [0.15, 0.2) is 10.8 Å². The third kappa shape index (κ3) is 6.03. The van der Waals surface area contributed by atoms with E-state index in [1.807, 2.05) is 0 Å². The number of carbonyl (C=O) groups is 1. The molecule has 0 saturated carbocycles. The van der Waals surface area contributed by atoms with Gasteiger partial charge < -0.3 is 0 Å². The van der Waals surface area contributed by atoms with E-state index in [-0.39, 0.29) is 10.7 Å². The lowest BCUT2D eigenvalue weighted by Crippen LogP contribution is -2.03. The number of carbonyl (C=O) groups excluding carboxylic acids is 1. The van der Waals surface area contributed by atoms with Crippen LogP contribution in [0.5, 0.6) is 0 Å². The summed E-state index contributed by atoms with van der Waals surface area (Å²) < 4.78 is 37.1.